The number of esters is 1. The largest absolute Gasteiger partial charge is 0.497 e. The number of benzene rings is 1. The van der Waals surface area contributed by atoms with Gasteiger partial charge in [0.25, 0.3) is 0 Å². The highest BCUT2D eigenvalue weighted by Gasteiger charge is 2.35. The third-order valence-corrected chi connectivity index (χ3v) is 5.42. The monoisotopic (exact) mass is 655 g/mol. The third-order valence-electron chi connectivity index (χ3n) is 5.22. The lowest BCUT2D eigenvalue weighted by atomic mass is 10.2. The second kappa shape index (κ2) is 17.1. The molecule has 0 aliphatic rings. The van der Waals surface area contributed by atoms with E-state index in [1.54, 1.807) is 68.4 Å². The number of aliphatic imine (C=N–C) groups is 1. The van der Waals surface area contributed by atoms with Gasteiger partial charge in [0.2, 0.25) is 5.96 Å². The Hall–Kier alpha value is -3.68. The van der Waals surface area contributed by atoms with Gasteiger partial charge < -0.3 is 28.4 Å². The number of hydrogen-bond donors (Lipinski definition) is 1. The Morgan fingerprint density at radius 3 is 1.60 bits per heavy atom. The van der Waals surface area contributed by atoms with Gasteiger partial charge in [0, 0.05) is 24.9 Å². The van der Waals surface area contributed by atoms with Crippen LogP contribution in [-0.4, -0.2) is 96.5 Å². The van der Waals surface area contributed by atoms with Crippen molar-refractivity contribution in [3.63, 3.8) is 0 Å². The van der Waals surface area contributed by atoms with Crippen LogP contribution in [-0.2, 0) is 18.9 Å². The minimum absolute atomic E-state index is 0.00544. The van der Waals surface area contributed by atoms with E-state index in [2.05, 4.69) is 17.6 Å². The van der Waals surface area contributed by atoms with E-state index in [0.717, 1.165) is 9.80 Å². The lowest BCUT2D eigenvalue weighted by Gasteiger charge is -2.34. The summed E-state index contributed by atoms with van der Waals surface area (Å²) in [6, 6.07) is 4.69. The first-order valence-electron chi connectivity index (χ1n) is 14.5. The third kappa shape index (κ3) is 15.2. The van der Waals surface area contributed by atoms with Crippen LogP contribution in [0, 0.1) is 0 Å². The zero-order valence-corrected chi connectivity index (χ0v) is 29.2. The lowest BCUT2D eigenvalue weighted by Crippen LogP contribution is -2.53. The Kier molecular flexibility index (Phi) is 15.0. The number of thiol groups is 1. The summed E-state index contributed by atoms with van der Waals surface area (Å²) in [4.78, 5) is 58.6. The molecule has 14 heteroatoms. The van der Waals surface area contributed by atoms with Crippen molar-refractivity contribution in [2.24, 2.45) is 4.99 Å². The van der Waals surface area contributed by atoms with Crippen LogP contribution < -0.4 is 9.47 Å². The smallest absolute Gasteiger partial charge is 0.437 e. The summed E-state index contributed by atoms with van der Waals surface area (Å²) < 4.78 is 32.4. The fraction of sp³-hybridized carbons (Fsp3) is 0.645. The van der Waals surface area contributed by atoms with Gasteiger partial charge >= 0.3 is 24.2 Å². The standard InChI is InChI=1S/C31H49N3O10S/c1-29(2,3)42-26(36)32-25(34(15-17-45)28(38)44-31(7,8)9)33(27(37)43-30(4,5)6)14-12-13-16-41-24(35)21-18-22(39-10)20-23(19-21)40-11/h18-20,45H,12-17H2,1-11H3/b32-25+. The van der Waals surface area contributed by atoms with Crippen molar-refractivity contribution in [2.45, 2.75) is 92.0 Å². The summed E-state index contributed by atoms with van der Waals surface area (Å²) in [5.41, 5.74) is -2.47. The molecule has 0 spiro atoms. The number of amides is 3. The summed E-state index contributed by atoms with van der Waals surface area (Å²) in [5.74, 6) is 0.0824. The van der Waals surface area contributed by atoms with Crippen molar-refractivity contribution in [1.29, 1.82) is 0 Å². The van der Waals surface area contributed by atoms with Crippen LogP contribution in [0.5, 0.6) is 11.5 Å². The number of rotatable bonds is 10. The SMILES string of the molecule is COc1cc(OC)cc(C(=O)OCCCCN(C(=O)OC(C)(C)C)/C(=N\C(=O)OC(C)(C)C)N(CCS)C(=O)OC(C)(C)C)c1. The van der Waals surface area contributed by atoms with Gasteiger partial charge in [-0.1, -0.05) is 0 Å². The molecule has 1 aromatic carbocycles. The predicted octanol–water partition coefficient (Wildman–Crippen LogP) is 6.34. The van der Waals surface area contributed by atoms with E-state index < -0.39 is 41.1 Å². The molecule has 3 amide bonds. The fourth-order valence-corrected chi connectivity index (χ4v) is 3.66. The molecule has 0 aliphatic carbocycles. The molecule has 254 valence electrons. The summed E-state index contributed by atoms with van der Waals surface area (Å²) in [6.07, 6.45) is -2.16. The molecule has 0 aliphatic heterocycles. The Labute approximate surface area is 271 Å². The van der Waals surface area contributed by atoms with Crippen LogP contribution in [0.1, 0.15) is 85.5 Å². The maximum atomic E-state index is 13.5. The number of hydrogen-bond acceptors (Lipinski definition) is 11. The first-order chi connectivity index (χ1) is 20.7. The van der Waals surface area contributed by atoms with Crippen LogP contribution >= 0.6 is 12.6 Å². The maximum Gasteiger partial charge on any atom is 0.437 e. The average molecular weight is 656 g/mol. The van der Waals surface area contributed by atoms with Gasteiger partial charge in [0.15, 0.2) is 0 Å². The van der Waals surface area contributed by atoms with E-state index in [9.17, 15) is 19.2 Å². The van der Waals surface area contributed by atoms with Crippen LogP contribution in [0.15, 0.2) is 23.2 Å². The van der Waals surface area contributed by atoms with Gasteiger partial charge in [0.05, 0.1) is 26.4 Å². The number of carbonyl (C=O) groups is 4. The van der Waals surface area contributed by atoms with Crippen LogP contribution in [0.25, 0.3) is 0 Å². The molecular formula is C31H49N3O10S. The molecule has 0 radical (unpaired) electrons. The fourth-order valence-electron chi connectivity index (χ4n) is 3.46. The summed E-state index contributed by atoms with van der Waals surface area (Å²) >= 11 is 4.26. The Morgan fingerprint density at radius 2 is 1.18 bits per heavy atom. The minimum atomic E-state index is -1.03. The first-order valence-corrected chi connectivity index (χ1v) is 15.2. The summed E-state index contributed by atoms with van der Waals surface area (Å²) in [5, 5.41) is 0. The number of carbonyl (C=O) groups excluding carboxylic acids is 4. The van der Waals surface area contributed by atoms with E-state index in [4.69, 9.17) is 28.4 Å². The van der Waals surface area contributed by atoms with E-state index >= 15 is 0 Å². The van der Waals surface area contributed by atoms with Crippen molar-refractivity contribution in [2.75, 3.05) is 39.7 Å². The first kappa shape index (κ1) is 39.3. The number of nitrogens with zero attached hydrogens (tertiary/aromatic N) is 3. The van der Waals surface area contributed by atoms with Gasteiger partial charge in [0.1, 0.15) is 28.3 Å². The van der Waals surface area contributed by atoms with Gasteiger partial charge in [-0.2, -0.15) is 12.6 Å². The zero-order valence-electron chi connectivity index (χ0n) is 28.3. The Bertz CT molecular complexity index is 1180. The van der Waals surface area contributed by atoms with Gasteiger partial charge in [-0.25, -0.2) is 29.0 Å². The molecule has 0 N–H and O–H groups in total. The molecule has 0 unspecified atom stereocenters. The van der Waals surface area contributed by atoms with Crippen LogP contribution in [0.2, 0.25) is 0 Å². The molecule has 0 heterocycles. The van der Waals surface area contributed by atoms with E-state index in [1.165, 1.54) is 26.4 Å². The van der Waals surface area contributed by atoms with Gasteiger partial charge in [-0.3, -0.25) is 0 Å². The van der Waals surface area contributed by atoms with Crippen molar-refractivity contribution < 1.29 is 47.6 Å². The van der Waals surface area contributed by atoms with E-state index in [-0.39, 0.29) is 43.4 Å². The number of methoxy groups -OCH3 is 2. The quantitative estimate of drug-likeness (QED) is 0.0758. The molecule has 45 heavy (non-hydrogen) atoms. The highest BCUT2D eigenvalue weighted by molar-refractivity contribution is 7.80. The summed E-state index contributed by atoms with van der Waals surface area (Å²) in [7, 11) is 2.95. The number of guanidine groups is 1. The topological polar surface area (TPSA) is 142 Å². The molecule has 0 fully saturated rings. The van der Waals surface area contributed by atoms with Gasteiger partial charge in [-0.05, 0) is 87.3 Å². The second-order valence-corrected chi connectivity index (χ2v) is 13.3. The predicted molar refractivity (Wildman–Crippen MR) is 172 cm³/mol. The summed E-state index contributed by atoms with van der Waals surface area (Å²) in [6.45, 7) is 15.0. The lowest BCUT2D eigenvalue weighted by molar-refractivity contribution is 0.0271. The highest BCUT2D eigenvalue weighted by Crippen LogP contribution is 2.23. The molecular weight excluding hydrogens is 606 g/mol. The number of ether oxygens (including phenoxy) is 6. The molecule has 0 saturated heterocycles. The second-order valence-electron chi connectivity index (χ2n) is 12.8. The van der Waals surface area contributed by atoms with Crippen molar-refractivity contribution in [3.8, 4) is 11.5 Å². The zero-order chi connectivity index (χ0) is 34.6. The Balaban J connectivity index is 3.34. The van der Waals surface area contributed by atoms with E-state index in [0.29, 0.717) is 17.9 Å². The van der Waals surface area contributed by atoms with Gasteiger partial charge in [-0.15, -0.1) is 4.99 Å². The normalized spacial score (nSPS) is 12.1. The highest BCUT2D eigenvalue weighted by atomic mass is 32.1. The molecule has 0 bridgehead atoms. The van der Waals surface area contributed by atoms with E-state index in [1.807, 2.05) is 0 Å². The molecule has 0 atom stereocenters. The van der Waals surface area contributed by atoms with Crippen LogP contribution in [0.4, 0.5) is 14.4 Å². The molecule has 1 aromatic rings. The van der Waals surface area contributed by atoms with Crippen molar-refractivity contribution in [3.05, 3.63) is 23.8 Å². The average Bonchev–Trinajstić information content (AvgIpc) is 2.89. The molecule has 13 nitrogen and oxygen atoms in total. The van der Waals surface area contributed by atoms with Crippen molar-refractivity contribution >= 4 is 42.8 Å². The molecule has 0 saturated carbocycles. The molecule has 1 rings (SSSR count). The van der Waals surface area contributed by atoms with Crippen LogP contribution in [0.3, 0.4) is 0 Å². The van der Waals surface area contributed by atoms with Crippen molar-refractivity contribution in [1.82, 2.24) is 9.80 Å². The maximum absolute atomic E-state index is 13.5. The number of unbranched alkanes of at least 4 members (excludes halogenated alkanes) is 1. The molecule has 0 aromatic heterocycles. The Morgan fingerprint density at radius 1 is 0.711 bits per heavy atom. The minimum Gasteiger partial charge on any atom is -0.497 e.